The average Bonchev–Trinajstić information content (AvgIpc) is 2.54. The third-order valence-corrected chi connectivity index (χ3v) is 22.3. The number of amides is 1. The molecule has 5 aromatic heterocycles. The van der Waals surface area contributed by atoms with Gasteiger partial charge in [0, 0.05) is 85.6 Å². The molecule has 0 aliphatic heterocycles. The first-order valence-electron chi connectivity index (χ1n) is 28.1. The topological polar surface area (TPSA) is 140 Å². The smallest absolute Gasteiger partial charge is 0.407 e. The van der Waals surface area contributed by atoms with Crippen LogP contribution in [0.4, 0.5) is 4.79 Å². The first kappa shape index (κ1) is 56.9. The van der Waals surface area contributed by atoms with Crippen molar-refractivity contribution in [1.82, 2.24) is 20.3 Å². The van der Waals surface area contributed by atoms with Crippen molar-refractivity contribution >= 4 is 152 Å². The predicted molar refractivity (Wildman–Crippen MR) is 364 cm³/mol. The molecule has 0 saturated carbocycles. The van der Waals surface area contributed by atoms with E-state index in [4.69, 9.17) is 43.4 Å². The van der Waals surface area contributed by atoms with E-state index in [-0.39, 0.29) is 38.7 Å². The number of aromatic nitrogens is 3. The maximum Gasteiger partial charge on any atom is 0.407 e. The number of carbonyl (C=O) groups is 2. The molecule has 436 valence electrons. The maximum atomic E-state index is 14.1. The molecule has 1 amide bonds. The van der Waals surface area contributed by atoms with E-state index in [1.54, 1.807) is 70.9 Å². The standard InChI is InChI=1S/C70H52N4O8S6/c1-4-61(75)79-32-31-71-68(76)82-39-70(40-83-69-74-53-25-9-14-30-60(53)88-69,37-80-62-49(47-21-15-19-45-43-17-5-10-26-56(43)84-64(45)47)33-41(35-54(62)77-2)66-72-51-23-7-12-28-58(51)86-66)38-81-63-50(48-22-16-20-46-44-18-6-11-27-57(44)85-65(46)48)34-42(36-55(63)78-3)67-73-52-24-8-13-29-59(52)87-67/h4-30,33-36H,1,31-32,37-40H2,2-3H3,(H,71,76). The van der Waals surface area contributed by atoms with Crippen LogP contribution >= 0.6 is 68.4 Å². The number of nitrogens with one attached hydrogen (secondary N) is 1. The van der Waals surface area contributed by atoms with Crippen LogP contribution in [0, 0.1) is 5.41 Å². The molecule has 0 atom stereocenters. The molecule has 18 heteroatoms. The molecule has 0 fully saturated rings. The number of hydrogen-bond acceptors (Lipinski definition) is 17. The Morgan fingerprint density at radius 1 is 0.511 bits per heavy atom. The van der Waals surface area contributed by atoms with Gasteiger partial charge in [0.15, 0.2) is 27.3 Å². The van der Waals surface area contributed by atoms with E-state index in [1.807, 2.05) is 66.7 Å². The molecule has 0 unspecified atom stereocenters. The van der Waals surface area contributed by atoms with E-state index in [1.165, 1.54) is 11.8 Å². The van der Waals surface area contributed by atoms with Gasteiger partial charge in [-0.15, -0.1) is 56.7 Å². The summed E-state index contributed by atoms with van der Waals surface area (Å²) in [7, 11) is 3.30. The molecular weight excluding hydrogens is 1220 g/mol. The number of thioether (sulfide) groups is 1. The fourth-order valence-electron chi connectivity index (χ4n) is 10.8. The highest BCUT2D eigenvalue weighted by Crippen LogP contribution is 2.51. The van der Waals surface area contributed by atoms with Crippen LogP contribution in [0.2, 0.25) is 0 Å². The van der Waals surface area contributed by atoms with Gasteiger partial charge < -0.3 is 33.7 Å². The number of ether oxygens (including phenoxy) is 6. The van der Waals surface area contributed by atoms with E-state index in [9.17, 15) is 9.59 Å². The van der Waals surface area contributed by atoms with Crippen LogP contribution in [-0.2, 0) is 14.3 Å². The Morgan fingerprint density at radius 3 is 1.47 bits per heavy atom. The summed E-state index contributed by atoms with van der Waals surface area (Å²) >= 11 is 9.79. The predicted octanol–water partition coefficient (Wildman–Crippen LogP) is 18.6. The molecule has 0 spiro atoms. The quantitative estimate of drug-likeness (QED) is 0.0317. The number of methoxy groups -OCH3 is 2. The number of nitrogens with zero attached hydrogens (tertiary/aromatic N) is 3. The van der Waals surface area contributed by atoms with E-state index < -0.39 is 17.5 Å². The molecular formula is C70H52N4O8S6. The highest BCUT2D eigenvalue weighted by atomic mass is 32.2. The van der Waals surface area contributed by atoms with E-state index in [0.29, 0.717) is 23.0 Å². The molecule has 0 saturated heterocycles. The summed E-state index contributed by atoms with van der Waals surface area (Å²) < 4.78 is 47.8. The summed E-state index contributed by atoms with van der Waals surface area (Å²) in [6.07, 6.45) is 0.347. The molecule has 88 heavy (non-hydrogen) atoms. The van der Waals surface area contributed by atoms with Crippen molar-refractivity contribution in [3.63, 3.8) is 0 Å². The summed E-state index contributed by atoms with van der Waals surface area (Å²) in [6.45, 7) is 3.07. The molecule has 14 rings (SSSR count). The van der Waals surface area contributed by atoms with Crippen LogP contribution in [-0.4, -0.2) is 80.0 Å². The third-order valence-electron chi connectivity index (χ3n) is 15.1. The number of fused-ring (bicyclic) bond motifs is 9. The SMILES string of the molecule is C=CC(=O)OCCNC(=O)OCC(COc1c(OC)cc(-c2nc3ccccc3s2)cc1-c1cccc2c1sc1ccccc12)(COc1c(OC)cc(-c2nc3ccccc3s2)cc1-c1cccc2c1sc1ccccc12)CSc1nc2ccccc2s1. The van der Waals surface area contributed by atoms with Crippen molar-refractivity contribution in [2.24, 2.45) is 5.41 Å². The number of esters is 1. The number of para-hydroxylation sites is 3. The number of rotatable bonds is 21. The number of carbonyl (C=O) groups excluding carboxylic acids is 2. The van der Waals surface area contributed by atoms with Gasteiger partial charge in [-0.25, -0.2) is 24.5 Å². The molecule has 5 heterocycles. The molecule has 0 bridgehead atoms. The monoisotopic (exact) mass is 1270 g/mol. The van der Waals surface area contributed by atoms with Gasteiger partial charge >= 0.3 is 12.1 Å². The van der Waals surface area contributed by atoms with Gasteiger partial charge in [0.2, 0.25) is 0 Å². The Morgan fingerprint density at radius 2 is 0.977 bits per heavy atom. The van der Waals surface area contributed by atoms with Crippen LogP contribution in [0.3, 0.4) is 0 Å². The molecule has 0 radical (unpaired) electrons. The summed E-state index contributed by atoms with van der Waals surface area (Å²) in [5, 5.41) is 8.98. The minimum Gasteiger partial charge on any atom is -0.493 e. The van der Waals surface area contributed by atoms with Gasteiger partial charge in [0.25, 0.3) is 0 Å². The second-order valence-corrected chi connectivity index (χ2v) is 27.3. The van der Waals surface area contributed by atoms with Crippen LogP contribution in [0.25, 0.3) is 114 Å². The second kappa shape index (κ2) is 24.7. The first-order chi connectivity index (χ1) is 43.2. The lowest BCUT2D eigenvalue weighted by Gasteiger charge is -2.33. The fraction of sp³-hybridized carbons (Fsp3) is 0.129. The van der Waals surface area contributed by atoms with Crippen molar-refractivity contribution in [2.45, 2.75) is 4.34 Å². The molecule has 14 aromatic rings. The van der Waals surface area contributed by atoms with Crippen LogP contribution in [0.15, 0.2) is 199 Å². The van der Waals surface area contributed by atoms with Gasteiger partial charge in [-0.2, -0.15) is 0 Å². The van der Waals surface area contributed by atoms with Crippen molar-refractivity contribution in [3.05, 3.63) is 195 Å². The largest absolute Gasteiger partial charge is 0.493 e. The Bertz CT molecular complexity index is 4640. The van der Waals surface area contributed by atoms with Gasteiger partial charge in [-0.3, -0.25) is 0 Å². The Hall–Kier alpha value is -8.88. The lowest BCUT2D eigenvalue weighted by Crippen LogP contribution is -2.44. The lowest BCUT2D eigenvalue weighted by atomic mass is 9.93. The molecule has 0 aliphatic rings. The van der Waals surface area contributed by atoms with Crippen molar-refractivity contribution < 1.29 is 38.0 Å². The third kappa shape index (κ3) is 11.3. The first-order valence-corrected chi connectivity index (χ1v) is 33.2. The molecule has 12 nitrogen and oxygen atoms in total. The molecule has 9 aromatic carbocycles. The number of benzene rings is 9. The van der Waals surface area contributed by atoms with Gasteiger partial charge in [-0.05, 0) is 72.8 Å². The molecule has 0 aliphatic carbocycles. The zero-order valence-corrected chi connectivity index (χ0v) is 52.3. The summed E-state index contributed by atoms with van der Waals surface area (Å²) in [6, 6.07) is 62.2. The van der Waals surface area contributed by atoms with Crippen LogP contribution < -0.4 is 24.3 Å². The Kier molecular flexibility index (Phi) is 16.0. The summed E-state index contributed by atoms with van der Waals surface area (Å²) in [5.41, 5.74) is 6.70. The number of thiophene rings is 2. The Balaban J connectivity index is 0.927. The highest BCUT2D eigenvalue weighted by Gasteiger charge is 2.38. The fourth-order valence-corrected chi connectivity index (χ4v) is 17.4. The minimum atomic E-state index is -1.18. The number of alkyl carbamates (subject to hydrolysis) is 1. The zero-order chi connectivity index (χ0) is 59.7. The number of thiazole rings is 3. The van der Waals surface area contributed by atoms with E-state index in [0.717, 1.165) is 125 Å². The normalized spacial score (nSPS) is 11.8. The van der Waals surface area contributed by atoms with Crippen molar-refractivity contribution in [1.29, 1.82) is 0 Å². The Labute approximate surface area is 529 Å². The van der Waals surface area contributed by atoms with E-state index >= 15 is 0 Å². The summed E-state index contributed by atoms with van der Waals surface area (Å²) in [5.74, 6) is 1.62. The maximum absolute atomic E-state index is 14.1. The minimum absolute atomic E-state index is 0.00540. The second-order valence-electron chi connectivity index (χ2n) is 20.8. The van der Waals surface area contributed by atoms with Crippen LogP contribution in [0.5, 0.6) is 23.0 Å². The highest BCUT2D eigenvalue weighted by molar-refractivity contribution is 8.01. The van der Waals surface area contributed by atoms with Crippen molar-refractivity contribution in [3.8, 4) is 66.4 Å². The van der Waals surface area contributed by atoms with Gasteiger partial charge in [-0.1, -0.05) is 128 Å². The van der Waals surface area contributed by atoms with E-state index in [2.05, 4.69) is 127 Å². The van der Waals surface area contributed by atoms with Crippen LogP contribution in [0.1, 0.15) is 0 Å². The van der Waals surface area contributed by atoms with Gasteiger partial charge in [0.1, 0.15) is 36.4 Å². The van der Waals surface area contributed by atoms with Crippen molar-refractivity contribution in [2.75, 3.05) is 52.9 Å². The zero-order valence-electron chi connectivity index (χ0n) is 47.4. The summed E-state index contributed by atoms with van der Waals surface area (Å²) in [4.78, 5) is 41.3. The lowest BCUT2D eigenvalue weighted by molar-refractivity contribution is -0.137. The van der Waals surface area contributed by atoms with Gasteiger partial charge in [0.05, 0.1) is 56.8 Å². The number of hydrogen-bond donors (Lipinski definition) is 1. The average molecular weight is 1270 g/mol. The molecule has 1 N–H and O–H groups in total.